The van der Waals surface area contributed by atoms with Crippen molar-refractivity contribution in [3.63, 3.8) is 0 Å². The molecule has 0 aliphatic rings. The molecule has 1 aromatic rings. The molecule has 0 aromatic heterocycles. The van der Waals surface area contributed by atoms with E-state index in [0.29, 0.717) is 30.5 Å². The molecule has 0 unspecified atom stereocenters. The average molecular weight is 414 g/mol. The number of benzene rings is 1. The number of hydrogen-bond donors (Lipinski definition) is 1. The molecule has 28 heavy (non-hydrogen) atoms. The van der Waals surface area contributed by atoms with Crippen LogP contribution in [0.4, 0.5) is 0 Å². The number of methoxy groups -OCH3 is 2. The maximum absolute atomic E-state index is 12.3. The van der Waals surface area contributed by atoms with Gasteiger partial charge in [0.25, 0.3) is 0 Å². The summed E-state index contributed by atoms with van der Waals surface area (Å²) in [7, 11) is 1.96. The Morgan fingerprint density at radius 3 is 2.25 bits per heavy atom. The minimum atomic E-state index is -3.20. The van der Waals surface area contributed by atoms with Gasteiger partial charge in [0, 0.05) is 20.1 Å². The zero-order valence-electron chi connectivity index (χ0n) is 18.4. The van der Waals surface area contributed by atoms with Crippen molar-refractivity contribution in [2.24, 2.45) is 4.99 Å². The van der Waals surface area contributed by atoms with E-state index in [1.165, 1.54) is 0 Å². The molecule has 0 amide bonds. The minimum Gasteiger partial charge on any atom is -0.493 e. The summed E-state index contributed by atoms with van der Waals surface area (Å²) >= 11 is 0. The van der Waals surface area contributed by atoms with Crippen LogP contribution in [-0.4, -0.2) is 64.1 Å². The lowest BCUT2D eigenvalue weighted by molar-refractivity contribution is 0.353. The van der Waals surface area contributed by atoms with Crippen LogP contribution < -0.4 is 14.8 Å². The van der Waals surface area contributed by atoms with E-state index in [-0.39, 0.29) is 12.3 Å². The Morgan fingerprint density at radius 2 is 1.75 bits per heavy atom. The largest absolute Gasteiger partial charge is 0.493 e. The molecule has 0 aliphatic heterocycles. The topological polar surface area (TPSA) is 80.2 Å². The van der Waals surface area contributed by atoms with E-state index in [1.807, 2.05) is 37.9 Å². The monoisotopic (exact) mass is 413 g/mol. The van der Waals surface area contributed by atoms with Crippen LogP contribution in [-0.2, 0) is 16.4 Å². The van der Waals surface area contributed by atoms with Gasteiger partial charge in [0.2, 0.25) is 0 Å². The van der Waals surface area contributed by atoms with Gasteiger partial charge in [-0.2, -0.15) is 0 Å². The number of nitrogens with zero attached hydrogens (tertiary/aromatic N) is 2. The summed E-state index contributed by atoms with van der Waals surface area (Å²) in [6, 6.07) is 3.90. The highest BCUT2D eigenvalue weighted by Crippen LogP contribution is 2.30. The molecule has 0 spiro atoms. The van der Waals surface area contributed by atoms with Gasteiger partial charge in [-0.05, 0) is 57.9 Å². The van der Waals surface area contributed by atoms with E-state index in [2.05, 4.69) is 10.3 Å². The van der Waals surface area contributed by atoms with Gasteiger partial charge in [0.05, 0.1) is 31.3 Å². The molecule has 8 heteroatoms. The van der Waals surface area contributed by atoms with Gasteiger partial charge in [-0.1, -0.05) is 0 Å². The first-order valence-corrected chi connectivity index (χ1v) is 11.0. The standard InChI is InChI=1S/C20H35N3O4S/c1-9-21-19(22-10-11-28(24,25)20(3,4)5)23(6)14-16-13-18(27-8)17(26-7)12-15(16)2/h12-13H,9-11,14H2,1-8H3,(H,21,22). The van der Waals surface area contributed by atoms with Crippen LogP contribution in [0.3, 0.4) is 0 Å². The lowest BCUT2D eigenvalue weighted by Crippen LogP contribution is -2.39. The van der Waals surface area contributed by atoms with E-state index < -0.39 is 14.6 Å². The van der Waals surface area contributed by atoms with Crippen molar-refractivity contribution in [2.75, 3.05) is 40.1 Å². The number of sulfone groups is 1. The molecule has 0 saturated carbocycles. The maximum atomic E-state index is 12.3. The van der Waals surface area contributed by atoms with E-state index >= 15 is 0 Å². The molecule has 0 heterocycles. The zero-order chi connectivity index (χ0) is 21.5. The van der Waals surface area contributed by atoms with Gasteiger partial charge in [-0.15, -0.1) is 0 Å². The second-order valence-electron chi connectivity index (χ2n) is 7.66. The van der Waals surface area contributed by atoms with E-state index in [1.54, 1.807) is 35.0 Å². The Kier molecular flexibility index (Phi) is 8.60. The highest BCUT2D eigenvalue weighted by molar-refractivity contribution is 7.92. The van der Waals surface area contributed by atoms with Gasteiger partial charge in [-0.25, -0.2) is 8.42 Å². The SMILES string of the molecule is CCNC(=NCCS(=O)(=O)C(C)(C)C)N(C)Cc1cc(OC)c(OC)cc1C. The second kappa shape index (κ2) is 10.0. The molecule has 1 aromatic carbocycles. The fourth-order valence-corrected chi connectivity index (χ4v) is 3.52. The highest BCUT2D eigenvalue weighted by atomic mass is 32.2. The van der Waals surface area contributed by atoms with E-state index in [0.717, 1.165) is 11.1 Å². The Balaban J connectivity index is 2.98. The van der Waals surface area contributed by atoms with Crippen LogP contribution in [0.2, 0.25) is 0 Å². The lowest BCUT2D eigenvalue weighted by Gasteiger charge is -2.24. The van der Waals surface area contributed by atoms with Gasteiger partial charge in [-0.3, -0.25) is 4.99 Å². The third-order valence-corrected chi connectivity index (χ3v) is 7.09. The molecule has 0 radical (unpaired) electrons. The third kappa shape index (κ3) is 6.29. The van der Waals surface area contributed by atoms with E-state index in [9.17, 15) is 8.42 Å². The Labute approximate surface area is 170 Å². The van der Waals surface area contributed by atoms with Gasteiger partial charge in [0.1, 0.15) is 0 Å². The maximum Gasteiger partial charge on any atom is 0.193 e. The average Bonchev–Trinajstić information content (AvgIpc) is 2.61. The molecule has 0 aliphatic carbocycles. The van der Waals surface area contributed by atoms with Gasteiger partial charge in [0.15, 0.2) is 27.3 Å². The predicted octanol–water partition coefficient (Wildman–Crippen LogP) is 2.62. The number of guanidine groups is 1. The molecule has 1 N–H and O–H groups in total. The highest BCUT2D eigenvalue weighted by Gasteiger charge is 2.28. The first-order valence-electron chi connectivity index (χ1n) is 9.40. The van der Waals surface area contributed by atoms with Crippen molar-refractivity contribution in [2.45, 2.75) is 45.9 Å². The quantitative estimate of drug-likeness (QED) is 0.521. The Bertz CT molecular complexity index is 783. The van der Waals surface area contributed by atoms with Crippen molar-refractivity contribution >= 4 is 15.8 Å². The first kappa shape index (κ1) is 24.1. The number of ether oxygens (including phenoxy) is 2. The Hall–Kier alpha value is -1.96. The summed E-state index contributed by atoms with van der Waals surface area (Å²) in [5.74, 6) is 2.06. The smallest absolute Gasteiger partial charge is 0.193 e. The molecule has 160 valence electrons. The van der Waals surface area contributed by atoms with Gasteiger partial charge >= 0.3 is 0 Å². The fourth-order valence-electron chi connectivity index (χ4n) is 2.57. The summed E-state index contributed by atoms with van der Waals surface area (Å²) in [5.41, 5.74) is 2.16. The van der Waals surface area contributed by atoms with Crippen molar-refractivity contribution in [3.8, 4) is 11.5 Å². The Morgan fingerprint density at radius 1 is 1.18 bits per heavy atom. The summed E-state index contributed by atoms with van der Waals surface area (Å²) < 4.78 is 34.6. The molecular formula is C20H35N3O4S. The van der Waals surface area contributed by atoms with Crippen molar-refractivity contribution in [1.82, 2.24) is 10.2 Å². The van der Waals surface area contributed by atoms with Crippen LogP contribution in [0.15, 0.2) is 17.1 Å². The van der Waals surface area contributed by atoms with Crippen LogP contribution in [0.25, 0.3) is 0 Å². The molecular weight excluding hydrogens is 378 g/mol. The van der Waals surface area contributed by atoms with Crippen LogP contribution in [0.5, 0.6) is 11.5 Å². The number of rotatable bonds is 8. The minimum absolute atomic E-state index is 0.0224. The fraction of sp³-hybridized carbons (Fsp3) is 0.650. The second-order valence-corrected chi connectivity index (χ2v) is 10.5. The van der Waals surface area contributed by atoms with E-state index in [4.69, 9.17) is 9.47 Å². The number of aryl methyl sites for hydroxylation is 1. The number of nitrogens with one attached hydrogen (secondary N) is 1. The predicted molar refractivity (Wildman–Crippen MR) is 115 cm³/mol. The zero-order valence-corrected chi connectivity index (χ0v) is 19.2. The molecule has 0 fully saturated rings. The van der Waals surface area contributed by atoms with Crippen molar-refractivity contribution in [3.05, 3.63) is 23.3 Å². The molecule has 0 atom stereocenters. The molecule has 0 bridgehead atoms. The summed E-state index contributed by atoms with van der Waals surface area (Å²) in [6.45, 7) is 10.7. The van der Waals surface area contributed by atoms with Crippen LogP contribution >= 0.6 is 0 Å². The van der Waals surface area contributed by atoms with Crippen LogP contribution in [0.1, 0.15) is 38.8 Å². The third-order valence-electron chi connectivity index (χ3n) is 4.50. The van der Waals surface area contributed by atoms with Gasteiger partial charge < -0.3 is 19.7 Å². The normalized spacial score (nSPS) is 12.6. The molecule has 1 rings (SSSR count). The lowest BCUT2D eigenvalue weighted by atomic mass is 10.1. The van der Waals surface area contributed by atoms with Crippen LogP contribution in [0, 0.1) is 6.92 Å². The summed E-state index contributed by atoms with van der Waals surface area (Å²) in [4.78, 5) is 6.48. The summed E-state index contributed by atoms with van der Waals surface area (Å²) in [5, 5.41) is 3.22. The number of hydrogen-bond acceptors (Lipinski definition) is 5. The molecule has 0 saturated heterocycles. The van der Waals surface area contributed by atoms with Crippen molar-refractivity contribution < 1.29 is 17.9 Å². The van der Waals surface area contributed by atoms with Crippen molar-refractivity contribution in [1.29, 1.82) is 0 Å². The first-order chi connectivity index (χ1) is 13.0. The number of aliphatic imine (C=N–C) groups is 1. The molecule has 7 nitrogen and oxygen atoms in total. The summed E-state index contributed by atoms with van der Waals surface area (Å²) in [6.07, 6.45) is 0.